The minimum Gasteiger partial charge on any atom is -0.179 e. The minimum atomic E-state index is 0.727. The molecule has 0 radical (unpaired) electrons. The third-order valence-electron chi connectivity index (χ3n) is 1.61. The molecule has 1 heteroatoms. The van der Waals surface area contributed by atoms with Crippen molar-refractivity contribution < 1.29 is 0 Å². The average molecular weight is 112 g/mol. The second-order valence-electron chi connectivity index (χ2n) is 2.02. The van der Waals surface area contributed by atoms with E-state index in [-0.39, 0.29) is 0 Å². The molecule has 0 aliphatic carbocycles. The zero-order valence-corrected chi connectivity index (χ0v) is 4.95. The fourth-order valence-corrected chi connectivity index (χ4v) is 2.73. The largest absolute Gasteiger partial charge is 0.179 e. The summed E-state index contributed by atoms with van der Waals surface area (Å²) in [5, 5.41) is 3.34. The van der Waals surface area contributed by atoms with Crippen molar-refractivity contribution in [2.75, 3.05) is 5.75 Å². The van der Waals surface area contributed by atoms with Gasteiger partial charge in [0.05, 0.1) is 0 Å². The smallest absolute Gasteiger partial charge is 0.0188 e. The lowest BCUT2D eigenvalue weighted by atomic mass is 10.3. The standard InChI is InChI=1S/C6H8S/c1-2-6-3-5-7(6)4-1/h1-2,4,6H,3,5H2. The molecule has 1 saturated heterocycles. The Hall–Kier alpha value is -0.0400. The minimum absolute atomic E-state index is 0.727. The van der Waals surface area contributed by atoms with Gasteiger partial charge in [-0.25, -0.2) is 0 Å². The lowest BCUT2D eigenvalue weighted by Crippen LogP contribution is -2.13. The van der Waals surface area contributed by atoms with Crippen molar-refractivity contribution in [3.63, 3.8) is 0 Å². The molecule has 0 N–H and O–H groups in total. The van der Waals surface area contributed by atoms with Crippen LogP contribution in [0.4, 0.5) is 0 Å². The Bertz CT molecular complexity index is 144. The van der Waals surface area contributed by atoms with Crippen molar-refractivity contribution >= 4 is 15.9 Å². The van der Waals surface area contributed by atoms with Crippen LogP contribution in [0.15, 0.2) is 12.2 Å². The maximum atomic E-state index is 2.36. The highest BCUT2D eigenvalue weighted by Crippen LogP contribution is 2.38. The second-order valence-corrected chi connectivity index (χ2v) is 4.25. The van der Waals surface area contributed by atoms with E-state index in [2.05, 4.69) is 17.5 Å². The van der Waals surface area contributed by atoms with E-state index >= 15 is 0 Å². The summed E-state index contributed by atoms with van der Waals surface area (Å²) >= 11 is 0. The Balaban J connectivity index is 2.34. The molecule has 2 heterocycles. The van der Waals surface area contributed by atoms with E-state index < -0.39 is 0 Å². The summed E-state index contributed by atoms with van der Waals surface area (Å²) in [7, 11) is 0.727. The highest BCUT2D eigenvalue weighted by molar-refractivity contribution is 8.17. The maximum absolute atomic E-state index is 2.36. The molecular formula is C6H8S. The van der Waals surface area contributed by atoms with Crippen LogP contribution in [0.1, 0.15) is 6.42 Å². The van der Waals surface area contributed by atoms with Crippen LogP contribution >= 0.6 is 10.5 Å². The SMILES string of the molecule is C1=CC2CCS2=C1. The van der Waals surface area contributed by atoms with Crippen LogP contribution in [0.25, 0.3) is 0 Å². The molecule has 2 unspecified atom stereocenters. The van der Waals surface area contributed by atoms with Gasteiger partial charge in [0.1, 0.15) is 0 Å². The first-order chi connectivity index (χ1) is 3.47. The lowest BCUT2D eigenvalue weighted by Gasteiger charge is -2.24. The quantitative estimate of drug-likeness (QED) is 0.415. The molecule has 2 aliphatic heterocycles. The van der Waals surface area contributed by atoms with Crippen molar-refractivity contribution in [1.29, 1.82) is 0 Å². The van der Waals surface area contributed by atoms with Gasteiger partial charge in [-0.05, 0) is 17.5 Å². The van der Waals surface area contributed by atoms with Crippen molar-refractivity contribution in [3.8, 4) is 0 Å². The first-order valence-electron chi connectivity index (χ1n) is 2.67. The predicted molar refractivity (Wildman–Crippen MR) is 36.1 cm³/mol. The number of fused-ring (bicyclic) bond motifs is 1. The van der Waals surface area contributed by atoms with E-state index in [1.165, 1.54) is 12.2 Å². The monoisotopic (exact) mass is 112 g/mol. The van der Waals surface area contributed by atoms with Gasteiger partial charge < -0.3 is 0 Å². The van der Waals surface area contributed by atoms with Gasteiger partial charge in [-0.15, -0.1) is 0 Å². The molecule has 0 aromatic heterocycles. The molecule has 38 valence electrons. The second kappa shape index (κ2) is 1.22. The molecule has 2 aliphatic rings. The zero-order valence-electron chi connectivity index (χ0n) is 4.13. The summed E-state index contributed by atoms with van der Waals surface area (Å²) in [6.45, 7) is 0. The fraction of sp³-hybridized carbons (Fsp3) is 0.500. The van der Waals surface area contributed by atoms with Crippen LogP contribution in [0.2, 0.25) is 0 Å². The van der Waals surface area contributed by atoms with E-state index in [4.69, 9.17) is 0 Å². The molecule has 1 fully saturated rings. The molecule has 0 spiro atoms. The van der Waals surface area contributed by atoms with Gasteiger partial charge in [0.15, 0.2) is 0 Å². The fourth-order valence-electron chi connectivity index (χ4n) is 1.03. The molecule has 0 aromatic carbocycles. The van der Waals surface area contributed by atoms with Crippen LogP contribution in [-0.2, 0) is 0 Å². The van der Waals surface area contributed by atoms with Gasteiger partial charge in [-0.1, -0.05) is 12.2 Å². The Morgan fingerprint density at radius 1 is 1.57 bits per heavy atom. The van der Waals surface area contributed by atoms with Gasteiger partial charge >= 0.3 is 0 Å². The number of allylic oxidation sites excluding steroid dienone is 1. The summed E-state index contributed by atoms with van der Waals surface area (Å²) < 4.78 is 0. The third kappa shape index (κ3) is 0.418. The van der Waals surface area contributed by atoms with Gasteiger partial charge in [-0.3, -0.25) is 0 Å². The number of hydrogen-bond donors (Lipinski definition) is 0. The molecule has 0 saturated carbocycles. The van der Waals surface area contributed by atoms with Gasteiger partial charge in [0, 0.05) is 5.25 Å². The predicted octanol–water partition coefficient (Wildman–Crippen LogP) is 1.40. The van der Waals surface area contributed by atoms with Crippen molar-refractivity contribution in [3.05, 3.63) is 12.2 Å². The Morgan fingerprint density at radius 3 is 2.86 bits per heavy atom. The number of rotatable bonds is 0. The molecule has 0 bridgehead atoms. The van der Waals surface area contributed by atoms with Gasteiger partial charge in [0.25, 0.3) is 0 Å². The highest BCUT2D eigenvalue weighted by Gasteiger charge is 2.21. The molecule has 0 nitrogen and oxygen atoms in total. The van der Waals surface area contributed by atoms with Gasteiger partial charge in [-0.2, -0.15) is 10.5 Å². The topological polar surface area (TPSA) is 0 Å². The summed E-state index contributed by atoms with van der Waals surface area (Å²) in [4.78, 5) is 0. The first-order valence-corrected chi connectivity index (χ1v) is 4.19. The maximum Gasteiger partial charge on any atom is 0.0188 e. The summed E-state index contributed by atoms with van der Waals surface area (Å²) in [5.41, 5.74) is 0. The highest BCUT2D eigenvalue weighted by atomic mass is 32.2. The van der Waals surface area contributed by atoms with E-state index in [0.29, 0.717) is 0 Å². The number of hydrogen-bond acceptors (Lipinski definition) is 0. The molecule has 2 rings (SSSR count). The van der Waals surface area contributed by atoms with Crippen LogP contribution < -0.4 is 0 Å². The van der Waals surface area contributed by atoms with Crippen LogP contribution in [0, 0.1) is 0 Å². The molecule has 2 atom stereocenters. The van der Waals surface area contributed by atoms with Crippen LogP contribution in [0.3, 0.4) is 0 Å². The average Bonchev–Trinajstić information content (AvgIpc) is 1.85. The Kier molecular flexibility index (Phi) is 0.680. The molecule has 0 aromatic rings. The zero-order chi connectivity index (χ0) is 4.69. The van der Waals surface area contributed by atoms with E-state index in [1.807, 2.05) is 0 Å². The summed E-state index contributed by atoms with van der Waals surface area (Å²) in [6.07, 6.45) is 6.02. The van der Waals surface area contributed by atoms with Crippen LogP contribution in [0.5, 0.6) is 0 Å². The van der Waals surface area contributed by atoms with Crippen molar-refractivity contribution in [1.82, 2.24) is 0 Å². The Labute approximate surface area is 46.2 Å². The summed E-state index contributed by atoms with van der Waals surface area (Å²) in [6, 6.07) is 0. The molecule has 7 heavy (non-hydrogen) atoms. The van der Waals surface area contributed by atoms with E-state index in [1.54, 1.807) is 0 Å². The molecule has 0 amide bonds. The molecular weight excluding hydrogens is 104 g/mol. The Morgan fingerprint density at radius 2 is 2.57 bits per heavy atom. The van der Waals surface area contributed by atoms with Crippen LogP contribution in [-0.4, -0.2) is 16.4 Å². The van der Waals surface area contributed by atoms with Crippen molar-refractivity contribution in [2.24, 2.45) is 0 Å². The summed E-state index contributed by atoms with van der Waals surface area (Å²) in [5.74, 6) is 1.47. The first kappa shape index (κ1) is 3.90. The normalized spacial score (nSPS) is 44.6. The van der Waals surface area contributed by atoms with E-state index in [9.17, 15) is 0 Å². The third-order valence-corrected chi connectivity index (χ3v) is 3.99. The van der Waals surface area contributed by atoms with Crippen molar-refractivity contribution in [2.45, 2.75) is 11.7 Å². The van der Waals surface area contributed by atoms with E-state index in [0.717, 1.165) is 15.7 Å². The lowest BCUT2D eigenvalue weighted by molar-refractivity contribution is 0.931. The van der Waals surface area contributed by atoms with Gasteiger partial charge in [0.2, 0.25) is 0 Å².